The fourth-order valence-electron chi connectivity index (χ4n) is 1.86. The number of furan rings is 1. The number of hydrogen-bond donors (Lipinski definition) is 0. The van der Waals surface area contributed by atoms with E-state index in [1.807, 2.05) is 12.4 Å². The first kappa shape index (κ1) is 7.06. The molecule has 0 radical (unpaired) electrons. The molecule has 3 nitrogen and oxygen atoms in total. The van der Waals surface area contributed by atoms with E-state index in [0.717, 1.165) is 48.6 Å². The summed E-state index contributed by atoms with van der Waals surface area (Å²) >= 11 is 0. The van der Waals surface area contributed by atoms with Gasteiger partial charge in [-0.3, -0.25) is 9.98 Å². The monoisotopic (exact) mass is 174 g/mol. The van der Waals surface area contributed by atoms with Crippen LogP contribution in [0, 0.1) is 0 Å². The average Bonchev–Trinajstić information content (AvgIpc) is 2.56. The lowest BCUT2D eigenvalue weighted by Gasteiger charge is -2.03. The minimum absolute atomic E-state index is 0.858. The largest absolute Gasteiger partial charge is 0.465 e. The van der Waals surface area contributed by atoms with E-state index in [1.54, 1.807) is 0 Å². The highest BCUT2D eigenvalue weighted by Gasteiger charge is 2.20. The van der Waals surface area contributed by atoms with Crippen molar-refractivity contribution in [3.05, 3.63) is 22.6 Å². The zero-order chi connectivity index (χ0) is 8.67. The van der Waals surface area contributed by atoms with Crippen LogP contribution in [0.4, 0.5) is 0 Å². The number of nitrogens with zero attached hydrogens (tertiary/aromatic N) is 2. The molecule has 3 heterocycles. The maximum absolute atomic E-state index is 5.75. The molecule has 0 bridgehead atoms. The van der Waals surface area contributed by atoms with Crippen LogP contribution in [0.25, 0.3) is 0 Å². The van der Waals surface area contributed by atoms with E-state index in [-0.39, 0.29) is 0 Å². The van der Waals surface area contributed by atoms with Crippen molar-refractivity contribution in [2.75, 3.05) is 13.1 Å². The quantitative estimate of drug-likeness (QED) is 0.583. The van der Waals surface area contributed by atoms with Gasteiger partial charge in [-0.15, -0.1) is 0 Å². The summed E-state index contributed by atoms with van der Waals surface area (Å²) in [6.07, 6.45) is 5.70. The average molecular weight is 174 g/mol. The van der Waals surface area contributed by atoms with Gasteiger partial charge >= 0.3 is 0 Å². The van der Waals surface area contributed by atoms with Crippen molar-refractivity contribution in [3.63, 3.8) is 0 Å². The van der Waals surface area contributed by atoms with E-state index in [0.29, 0.717) is 0 Å². The second-order valence-electron chi connectivity index (χ2n) is 3.35. The Kier molecular flexibility index (Phi) is 1.39. The van der Waals surface area contributed by atoms with Gasteiger partial charge in [0.15, 0.2) is 0 Å². The molecule has 66 valence electrons. The molecule has 2 aliphatic heterocycles. The Labute approximate surface area is 76.2 Å². The van der Waals surface area contributed by atoms with Crippen molar-refractivity contribution in [1.29, 1.82) is 0 Å². The van der Waals surface area contributed by atoms with Crippen molar-refractivity contribution < 1.29 is 4.42 Å². The second-order valence-corrected chi connectivity index (χ2v) is 3.35. The maximum atomic E-state index is 5.75. The number of rotatable bonds is 0. The summed E-state index contributed by atoms with van der Waals surface area (Å²) in [6, 6.07) is 0. The van der Waals surface area contributed by atoms with Gasteiger partial charge in [0.25, 0.3) is 0 Å². The highest BCUT2D eigenvalue weighted by atomic mass is 16.3. The molecule has 0 saturated carbocycles. The van der Waals surface area contributed by atoms with Crippen molar-refractivity contribution in [3.8, 4) is 0 Å². The predicted octanol–water partition coefficient (Wildman–Crippen LogP) is 1.23. The SMILES string of the molecule is C1=NCCc2oc3c(c21)C=NCC3. The number of aliphatic imine (C=N–C) groups is 2. The summed E-state index contributed by atoms with van der Waals surface area (Å²) in [5.41, 5.74) is 2.31. The van der Waals surface area contributed by atoms with Gasteiger partial charge in [0.2, 0.25) is 0 Å². The highest BCUT2D eigenvalue weighted by molar-refractivity contribution is 5.97. The Morgan fingerprint density at radius 3 is 2.00 bits per heavy atom. The molecule has 3 heteroatoms. The summed E-state index contributed by atoms with van der Waals surface area (Å²) in [7, 11) is 0. The molecule has 0 saturated heterocycles. The van der Waals surface area contributed by atoms with Crippen LogP contribution in [-0.2, 0) is 12.8 Å². The molecule has 1 aromatic rings. The molecule has 1 aromatic heterocycles. The van der Waals surface area contributed by atoms with Gasteiger partial charge in [-0.2, -0.15) is 0 Å². The molecule has 2 aliphatic rings. The normalized spacial score (nSPS) is 18.5. The summed E-state index contributed by atoms with van der Waals surface area (Å²) in [5.74, 6) is 2.18. The summed E-state index contributed by atoms with van der Waals surface area (Å²) in [6.45, 7) is 1.72. The highest BCUT2D eigenvalue weighted by Crippen LogP contribution is 2.25. The van der Waals surface area contributed by atoms with Crippen LogP contribution in [0.5, 0.6) is 0 Å². The van der Waals surface area contributed by atoms with Gasteiger partial charge in [-0.05, 0) is 0 Å². The fraction of sp³-hybridized carbons (Fsp3) is 0.400. The topological polar surface area (TPSA) is 37.9 Å². The van der Waals surface area contributed by atoms with Crippen LogP contribution >= 0.6 is 0 Å². The van der Waals surface area contributed by atoms with E-state index < -0.39 is 0 Å². The van der Waals surface area contributed by atoms with Crippen LogP contribution in [-0.4, -0.2) is 25.5 Å². The maximum Gasteiger partial charge on any atom is 0.115 e. The van der Waals surface area contributed by atoms with E-state index in [2.05, 4.69) is 9.98 Å². The Bertz CT molecular complexity index is 365. The lowest BCUT2D eigenvalue weighted by molar-refractivity contribution is 0.464. The first-order chi connectivity index (χ1) is 6.45. The van der Waals surface area contributed by atoms with Crippen molar-refractivity contribution in [2.45, 2.75) is 12.8 Å². The van der Waals surface area contributed by atoms with Crippen LogP contribution in [0.2, 0.25) is 0 Å². The van der Waals surface area contributed by atoms with Crippen LogP contribution < -0.4 is 0 Å². The Balaban J connectivity index is 2.23. The van der Waals surface area contributed by atoms with Crippen molar-refractivity contribution in [1.82, 2.24) is 0 Å². The third kappa shape index (κ3) is 0.963. The molecule has 13 heavy (non-hydrogen) atoms. The van der Waals surface area contributed by atoms with E-state index in [1.165, 1.54) is 0 Å². The van der Waals surface area contributed by atoms with E-state index >= 15 is 0 Å². The van der Waals surface area contributed by atoms with Crippen molar-refractivity contribution in [2.24, 2.45) is 9.98 Å². The predicted molar refractivity (Wildman–Crippen MR) is 51.0 cm³/mol. The summed E-state index contributed by atoms with van der Waals surface area (Å²) < 4.78 is 5.75. The van der Waals surface area contributed by atoms with Gasteiger partial charge in [0.05, 0.1) is 0 Å². The van der Waals surface area contributed by atoms with Gasteiger partial charge in [0.1, 0.15) is 11.5 Å². The second kappa shape index (κ2) is 2.55. The molecule has 0 spiro atoms. The molecular weight excluding hydrogens is 164 g/mol. The van der Waals surface area contributed by atoms with Gasteiger partial charge in [-0.25, -0.2) is 0 Å². The van der Waals surface area contributed by atoms with E-state index in [4.69, 9.17) is 4.42 Å². The molecule has 0 atom stereocenters. The fourth-order valence-corrected chi connectivity index (χ4v) is 1.86. The van der Waals surface area contributed by atoms with Crippen LogP contribution in [0.3, 0.4) is 0 Å². The van der Waals surface area contributed by atoms with Gasteiger partial charge in [-0.1, -0.05) is 0 Å². The molecular formula is C10H10N2O. The first-order valence-electron chi connectivity index (χ1n) is 4.59. The molecule has 3 rings (SSSR count). The zero-order valence-corrected chi connectivity index (χ0v) is 7.29. The third-order valence-corrected chi connectivity index (χ3v) is 2.51. The lowest BCUT2D eigenvalue weighted by atomic mass is 10.0. The number of fused-ring (bicyclic) bond motifs is 3. The standard InChI is InChI=1S/C10H10N2O/c1-3-11-5-7-8-6-12-4-2-10(8)13-9(1)7/h5-6H,1-4H2. The Hall–Kier alpha value is -1.38. The molecule has 0 aliphatic carbocycles. The molecule has 0 aromatic carbocycles. The molecule has 0 N–H and O–H groups in total. The summed E-state index contributed by atoms with van der Waals surface area (Å²) in [4.78, 5) is 8.50. The van der Waals surface area contributed by atoms with Crippen LogP contribution in [0.15, 0.2) is 14.4 Å². The smallest absolute Gasteiger partial charge is 0.115 e. The summed E-state index contributed by atoms with van der Waals surface area (Å²) in [5, 5.41) is 0. The minimum Gasteiger partial charge on any atom is -0.465 e. The molecule has 0 unspecified atom stereocenters. The Morgan fingerprint density at radius 1 is 0.923 bits per heavy atom. The lowest BCUT2D eigenvalue weighted by Crippen LogP contribution is -2.04. The number of hydrogen-bond acceptors (Lipinski definition) is 3. The minimum atomic E-state index is 0.858. The third-order valence-electron chi connectivity index (χ3n) is 2.51. The molecule has 0 amide bonds. The van der Waals surface area contributed by atoms with E-state index in [9.17, 15) is 0 Å². The van der Waals surface area contributed by atoms with Gasteiger partial charge < -0.3 is 4.42 Å². The van der Waals surface area contributed by atoms with Crippen LogP contribution in [0.1, 0.15) is 22.6 Å². The van der Waals surface area contributed by atoms with Gasteiger partial charge in [0, 0.05) is 49.5 Å². The Morgan fingerprint density at radius 2 is 1.46 bits per heavy atom. The zero-order valence-electron chi connectivity index (χ0n) is 7.29. The first-order valence-corrected chi connectivity index (χ1v) is 4.59. The van der Waals surface area contributed by atoms with Crippen molar-refractivity contribution >= 4 is 12.4 Å². The molecule has 0 fully saturated rings.